The van der Waals surface area contributed by atoms with E-state index < -0.39 is 0 Å². The van der Waals surface area contributed by atoms with Crippen LogP contribution in [0.25, 0.3) is 0 Å². The molecule has 2 rings (SSSR count). The van der Waals surface area contributed by atoms with Gasteiger partial charge in [0.05, 0.1) is 0 Å². The number of hydrogen-bond acceptors (Lipinski definition) is 4. The van der Waals surface area contributed by atoms with Crippen LogP contribution in [0.5, 0.6) is 0 Å². The first-order valence-corrected chi connectivity index (χ1v) is 7.88. The number of carbonyl (C=O) groups is 1. The van der Waals surface area contributed by atoms with Gasteiger partial charge in [-0.15, -0.1) is 5.10 Å². The third kappa shape index (κ3) is 3.81. The standard InChI is InChI=1S/C15H27N5O/c1-5-9-20(11-7-6-8-16-10-11)13(21)12-17-14(19-18-12)15(2,3)4/h11,16H,5-10H2,1-4H3,(H,17,18,19). The van der Waals surface area contributed by atoms with Gasteiger partial charge in [-0.1, -0.05) is 27.7 Å². The van der Waals surface area contributed by atoms with Crippen molar-refractivity contribution < 1.29 is 4.79 Å². The van der Waals surface area contributed by atoms with Crippen LogP contribution < -0.4 is 5.32 Å². The van der Waals surface area contributed by atoms with Gasteiger partial charge in [-0.3, -0.25) is 9.89 Å². The molecule has 6 nitrogen and oxygen atoms in total. The fraction of sp³-hybridized carbons (Fsp3) is 0.800. The lowest BCUT2D eigenvalue weighted by molar-refractivity contribution is 0.0636. The molecule has 2 heterocycles. The number of rotatable bonds is 4. The molecule has 1 fully saturated rings. The molecule has 1 atom stereocenters. The van der Waals surface area contributed by atoms with E-state index in [-0.39, 0.29) is 17.4 Å². The molecule has 1 aliphatic heterocycles. The summed E-state index contributed by atoms with van der Waals surface area (Å²) in [7, 11) is 0. The smallest absolute Gasteiger partial charge is 0.293 e. The Balaban J connectivity index is 2.15. The van der Waals surface area contributed by atoms with Gasteiger partial charge >= 0.3 is 0 Å². The highest BCUT2D eigenvalue weighted by Crippen LogP contribution is 2.19. The van der Waals surface area contributed by atoms with E-state index in [1.165, 1.54) is 0 Å². The molecule has 1 saturated heterocycles. The number of aromatic nitrogens is 3. The summed E-state index contributed by atoms with van der Waals surface area (Å²) in [6, 6.07) is 0.253. The van der Waals surface area contributed by atoms with Crippen molar-refractivity contribution in [3.05, 3.63) is 11.6 Å². The minimum Gasteiger partial charge on any atom is -0.332 e. The van der Waals surface area contributed by atoms with Crippen LogP contribution in [0.4, 0.5) is 0 Å². The minimum atomic E-state index is -0.131. The number of amides is 1. The van der Waals surface area contributed by atoms with Gasteiger partial charge in [0.25, 0.3) is 5.91 Å². The van der Waals surface area contributed by atoms with Crippen molar-refractivity contribution in [2.75, 3.05) is 19.6 Å². The van der Waals surface area contributed by atoms with Crippen LogP contribution in [-0.4, -0.2) is 51.7 Å². The normalized spacial score (nSPS) is 19.5. The first-order valence-electron chi connectivity index (χ1n) is 7.88. The quantitative estimate of drug-likeness (QED) is 0.886. The zero-order valence-corrected chi connectivity index (χ0v) is 13.6. The van der Waals surface area contributed by atoms with Crippen molar-refractivity contribution >= 4 is 5.91 Å². The summed E-state index contributed by atoms with van der Waals surface area (Å²) in [5.41, 5.74) is -0.131. The Morgan fingerprint density at radius 2 is 2.19 bits per heavy atom. The number of aromatic amines is 1. The molecular formula is C15H27N5O. The first kappa shape index (κ1) is 15.9. The van der Waals surface area contributed by atoms with E-state index >= 15 is 0 Å². The lowest BCUT2D eigenvalue weighted by Crippen LogP contribution is -2.49. The Bertz CT molecular complexity index is 471. The first-order chi connectivity index (χ1) is 9.93. The molecule has 2 N–H and O–H groups in total. The highest BCUT2D eigenvalue weighted by Gasteiger charge is 2.29. The summed E-state index contributed by atoms with van der Waals surface area (Å²) >= 11 is 0. The highest BCUT2D eigenvalue weighted by molar-refractivity contribution is 5.90. The third-order valence-electron chi connectivity index (χ3n) is 3.82. The average molecular weight is 293 g/mol. The molecule has 1 unspecified atom stereocenters. The van der Waals surface area contributed by atoms with Crippen molar-refractivity contribution in [2.45, 2.75) is 58.4 Å². The maximum Gasteiger partial charge on any atom is 0.293 e. The van der Waals surface area contributed by atoms with E-state index in [4.69, 9.17) is 0 Å². The van der Waals surface area contributed by atoms with Crippen molar-refractivity contribution in [1.29, 1.82) is 0 Å². The lowest BCUT2D eigenvalue weighted by atomic mass is 9.96. The number of nitrogens with zero attached hydrogens (tertiary/aromatic N) is 3. The maximum atomic E-state index is 12.7. The van der Waals surface area contributed by atoms with Crippen molar-refractivity contribution in [3.8, 4) is 0 Å². The number of H-pyrrole nitrogens is 1. The monoisotopic (exact) mass is 293 g/mol. The fourth-order valence-electron chi connectivity index (χ4n) is 2.61. The van der Waals surface area contributed by atoms with Crippen LogP contribution in [0.3, 0.4) is 0 Å². The second-order valence-corrected chi connectivity index (χ2v) is 6.76. The Kier molecular flexibility index (Phi) is 4.98. The Morgan fingerprint density at radius 3 is 2.71 bits per heavy atom. The summed E-state index contributed by atoms with van der Waals surface area (Å²) in [6.07, 6.45) is 3.10. The summed E-state index contributed by atoms with van der Waals surface area (Å²) in [5.74, 6) is 0.986. The van der Waals surface area contributed by atoms with Crippen LogP contribution in [-0.2, 0) is 5.41 Å². The summed E-state index contributed by atoms with van der Waals surface area (Å²) < 4.78 is 0. The summed E-state index contributed by atoms with van der Waals surface area (Å²) in [6.45, 7) is 10.9. The van der Waals surface area contributed by atoms with Gasteiger partial charge in [-0.05, 0) is 25.8 Å². The van der Waals surface area contributed by atoms with Crippen LogP contribution in [0.1, 0.15) is 63.4 Å². The van der Waals surface area contributed by atoms with Gasteiger partial charge in [0.2, 0.25) is 5.82 Å². The molecule has 1 aliphatic rings. The Morgan fingerprint density at radius 1 is 1.43 bits per heavy atom. The number of piperidine rings is 1. The second-order valence-electron chi connectivity index (χ2n) is 6.76. The van der Waals surface area contributed by atoms with E-state index in [2.05, 4.69) is 48.2 Å². The Labute approximate surface area is 126 Å². The molecule has 0 bridgehead atoms. The van der Waals surface area contributed by atoms with E-state index in [1.54, 1.807) is 0 Å². The van der Waals surface area contributed by atoms with E-state index in [9.17, 15) is 4.79 Å². The number of nitrogens with one attached hydrogen (secondary N) is 2. The van der Waals surface area contributed by atoms with E-state index in [0.29, 0.717) is 5.82 Å². The van der Waals surface area contributed by atoms with E-state index in [1.807, 2.05) is 4.90 Å². The summed E-state index contributed by atoms with van der Waals surface area (Å²) in [5, 5.41) is 10.4. The third-order valence-corrected chi connectivity index (χ3v) is 3.82. The maximum absolute atomic E-state index is 12.7. The molecule has 118 valence electrons. The fourth-order valence-corrected chi connectivity index (χ4v) is 2.61. The van der Waals surface area contributed by atoms with Gasteiger partial charge in [0.1, 0.15) is 5.82 Å². The molecule has 0 aromatic carbocycles. The molecule has 0 radical (unpaired) electrons. The molecule has 6 heteroatoms. The lowest BCUT2D eigenvalue weighted by Gasteiger charge is -2.33. The minimum absolute atomic E-state index is 0.0581. The van der Waals surface area contributed by atoms with Crippen LogP contribution >= 0.6 is 0 Å². The zero-order chi connectivity index (χ0) is 15.5. The molecule has 21 heavy (non-hydrogen) atoms. The SMILES string of the molecule is CCCN(C(=O)c1n[nH]c(C(C)(C)C)n1)C1CCCNC1. The number of hydrogen-bond donors (Lipinski definition) is 2. The van der Waals surface area contributed by atoms with Crippen molar-refractivity contribution in [1.82, 2.24) is 25.4 Å². The van der Waals surface area contributed by atoms with Crippen molar-refractivity contribution in [3.63, 3.8) is 0 Å². The van der Waals surface area contributed by atoms with Gasteiger partial charge in [0.15, 0.2) is 0 Å². The Hall–Kier alpha value is -1.43. The predicted octanol–water partition coefficient (Wildman–Crippen LogP) is 1.71. The molecular weight excluding hydrogens is 266 g/mol. The molecule has 1 amide bonds. The topological polar surface area (TPSA) is 73.9 Å². The molecule has 1 aromatic heterocycles. The van der Waals surface area contributed by atoms with Gasteiger partial charge in [-0.25, -0.2) is 4.98 Å². The van der Waals surface area contributed by atoms with Gasteiger partial charge in [-0.2, -0.15) is 0 Å². The number of carbonyl (C=O) groups excluding carboxylic acids is 1. The molecule has 0 spiro atoms. The van der Waals surface area contributed by atoms with E-state index in [0.717, 1.165) is 44.7 Å². The molecule has 0 aliphatic carbocycles. The largest absolute Gasteiger partial charge is 0.332 e. The average Bonchev–Trinajstić information content (AvgIpc) is 2.95. The van der Waals surface area contributed by atoms with Crippen LogP contribution in [0.15, 0.2) is 0 Å². The van der Waals surface area contributed by atoms with Crippen molar-refractivity contribution in [2.24, 2.45) is 0 Å². The van der Waals surface area contributed by atoms with Gasteiger partial charge < -0.3 is 10.2 Å². The molecule has 0 saturated carbocycles. The zero-order valence-electron chi connectivity index (χ0n) is 13.6. The highest BCUT2D eigenvalue weighted by atomic mass is 16.2. The van der Waals surface area contributed by atoms with Gasteiger partial charge in [0, 0.05) is 24.5 Å². The molecule has 1 aromatic rings. The van der Waals surface area contributed by atoms with Crippen LogP contribution in [0.2, 0.25) is 0 Å². The van der Waals surface area contributed by atoms with Crippen LogP contribution in [0, 0.1) is 0 Å². The summed E-state index contributed by atoms with van der Waals surface area (Å²) in [4.78, 5) is 19.1. The predicted molar refractivity (Wildman–Crippen MR) is 82.3 cm³/mol. The second kappa shape index (κ2) is 6.56.